The molecule has 3 N–H and O–H groups in total. The zero-order chi connectivity index (χ0) is 31.3. The highest BCUT2D eigenvalue weighted by Gasteiger charge is 2.32. The summed E-state index contributed by atoms with van der Waals surface area (Å²) < 4.78 is 0. The van der Waals surface area contributed by atoms with Crippen molar-refractivity contribution in [3.63, 3.8) is 0 Å². The lowest BCUT2D eigenvalue weighted by Gasteiger charge is -2.34. The van der Waals surface area contributed by atoms with Gasteiger partial charge in [0.25, 0.3) is 5.91 Å². The summed E-state index contributed by atoms with van der Waals surface area (Å²) in [7, 11) is 0. The van der Waals surface area contributed by atoms with Gasteiger partial charge in [-0.15, -0.1) is 0 Å². The number of benzene rings is 2. The Labute approximate surface area is 243 Å². The maximum atomic E-state index is 12.6. The Hall–Kier alpha value is -3.10. The third-order valence-electron chi connectivity index (χ3n) is 7.30. The van der Waals surface area contributed by atoms with Gasteiger partial charge in [0.05, 0.1) is 0 Å². The highest BCUT2D eigenvalue weighted by molar-refractivity contribution is 5.97. The fourth-order valence-corrected chi connectivity index (χ4v) is 4.23. The van der Waals surface area contributed by atoms with Gasteiger partial charge in [-0.2, -0.15) is 0 Å². The van der Waals surface area contributed by atoms with E-state index in [1.807, 2.05) is 59.7 Å². The second-order valence-corrected chi connectivity index (χ2v) is 10.6. The number of hydrogen-bond acceptors (Lipinski definition) is 3. The summed E-state index contributed by atoms with van der Waals surface area (Å²) in [5.41, 5.74) is 4.23. The molecule has 5 nitrogen and oxygen atoms in total. The van der Waals surface area contributed by atoms with E-state index in [1.165, 1.54) is 18.9 Å². The van der Waals surface area contributed by atoms with E-state index in [1.54, 1.807) is 13.0 Å². The minimum Gasteiger partial charge on any atom is -0.480 e. The quantitative estimate of drug-likeness (QED) is 0.292. The van der Waals surface area contributed by atoms with Crippen molar-refractivity contribution in [2.24, 2.45) is 5.92 Å². The van der Waals surface area contributed by atoms with Crippen LogP contribution in [0, 0.1) is 31.6 Å². The molecule has 0 spiro atoms. The molecule has 0 aliphatic rings. The predicted octanol–water partition coefficient (Wildman–Crippen LogP) is 7.81. The van der Waals surface area contributed by atoms with Crippen LogP contribution in [0.25, 0.3) is 0 Å². The van der Waals surface area contributed by atoms with Gasteiger partial charge in [0.15, 0.2) is 0 Å². The molecule has 0 aliphatic carbocycles. The fraction of sp³-hybridized carbons (Fsp3) is 0.543. The lowest BCUT2D eigenvalue weighted by atomic mass is 9.69. The van der Waals surface area contributed by atoms with Gasteiger partial charge in [0, 0.05) is 16.5 Å². The molecule has 0 heterocycles. The predicted molar refractivity (Wildman–Crippen MR) is 168 cm³/mol. The average Bonchev–Trinajstić information content (AvgIpc) is 2.90. The highest BCUT2D eigenvalue weighted by atomic mass is 16.4. The minimum atomic E-state index is -1.07. The summed E-state index contributed by atoms with van der Waals surface area (Å²) >= 11 is 0. The molecule has 0 radical (unpaired) electrons. The van der Waals surface area contributed by atoms with Crippen LogP contribution < -0.4 is 5.32 Å². The number of amides is 1. The van der Waals surface area contributed by atoms with Crippen molar-refractivity contribution in [2.75, 3.05) is 0 Å². The van der Waals surface area contributed by atoms with Crippen LogP contribution in [0.4, 0.5) is 0 Å². The van der Waals surface area contributed by atoms with Crippen LogP contribution in [-0.2, 0) is 10.2 Å². The molecular weight excluding hydrogens is 498 g/mol. The van der Waals surface area contributed by atoms with Gasteiger partial charge in [0.1, 0.15) is 11.6 Å². The first kappa shape index (κ1) is 36.9. The number of nitrogens with one attached hydrogen (secondary N) is 1. The van der Waals surface area contributed by atoms with Gasteiger partial charge in [-0.25, -0.2) is 0 Å². The Bertz CT molecular complexity index is 1160. The molecule has 5 heteroatoms. The Kier molecular flexibility index (Phi) is 15.6. The summed E-state index contributed by atoms with van der Waals surface area (Å²) in [6, 6.07) is 11.1. The second-order valence-electron chi connectivity index (χ2n) is 10.6. The summed E-state index contributed by atoms with van der Waals surface area (Å²) in [4.78, 5) is 23.7. The number of aliphatic hydroxyl groups is 1. The normalized spacial score (nSPS) is 12.8. The van der Waals surface area contributed by atoms with E-state index in [0.29, 0.717) is 5.56 Å². The zero-order valence-corrected chi connectivity index (χ0v) is 27.0. The van der Waals surface area contributed by atoms with Gasteiger partial charge >= 0.3 is 5.97 Å². The van der Waals surface area contributed by atoms with E-state index in [-0.39, 0.29) is 11.3 Å². The third kappa shape index (κ3) is 9.52. The lowest BCUT2D eigenvalue weighted by Crippen LogP contribution is -2.38. The number of carbonyl (C=O) groups excluding carboxylic acids is 1. The molecule has 0 saturated heterocycles. The molecular formula is C35H53NO4. The van der Waals surface area contributed by atoms with E-state index in [9.17, 15) is 14.7 Å². The molecule has 2 unspecified atom stereocenters. The maximum Gasteiger partial charge on any atom is 0.325 e. The highest BCUT2D eigenvalue weighted by Crippen LogP contribution is 2.40. The summed E-state index contributed by atoms with van der Waals surface area (Å²) in [6.07, 6.45) is 2.99. The van der Waals surface area contributed by atoms with Crippen LogP contribution in [-0.4, -0.2) is 33.7 Å². The Balaban J connectivity index is 0.00000284. The zero-order valence-electron chi connectivity index (χ0n) is 27.0. The minimum absolute atomic E-state index is 0.0306. The standard InChI is InChI=1S/C30H39NO4.C3H8.C2H6/c1-9-30(10-2,24-12-11-23(20(5)17-24)15-16-29(8,35)19(3)4)25-13-14-26(21(6)18-25)27(32)31-22(7)28(33)34;1-3-2;1-2/h11-14,17-19,22,35H,9-10H2,1-8H3,(H,31,32)(H,33,34);3H2,1-2H3;1-2H3. The third-order valence-corrected chi connectivity index (χ3v) is 7.30. The van der Waals surface area contributed by atoms with Crippen molar-refractivity contribution in [2.45, 2.75) is 119 Å². The SMILES string of the molecule is CC.CCC.CCC(CC)(c1ccc(C#CC(C)(O)C(C)C)c(C)c1)c1ccc(C(=O)NC(C)C(=O)O)c(C)c1. The van der Waals surface area contributed by atoms with Crippen LogP contribution in [0.1, 0.15) is 127 Å². The summed E-state index contributed by atoms with van der Waals surface area (Å²) in [5, 5.41) is 22.1. The Morgan fingerprint density at radius 3 is 1.77 bits per heavy atom. The van der Waals surface area contributed by atoms with Crippen LogP contribution in [0.3, 0.4) is 0 Å². The molecule has 0 aromatic heterocycles. The smallest absolute Gasteiger partial charge is 0.325 e. The monoisotopic (exact) mass is 551 g/mol. The van der Waals surface area contributed by atoms with Crippen molar-refractivity contribution < 1.29 is 19.8 Å². The van der Waals surface area contributed by atoms with Crippen molar-refractivity contribution in [3.8, 4) is 11.8 Å². The van der Waals surface area contributed by atoms with E-state index in [4.69, 9.17) is 5.11 Å². The topological polar surface area (TPSA) is 86.6 Å². The van der Waals surface area contributed by atoms with Crippen molar-refractivity contribution in [3.05, 3.63) is 69.8 Å². The van der Waals surface area contributed by atoms with E-state index in [0.717, 1.165) is 35.1 Å². The molecule has 2 aromatic carbocycles. The molecule has 1 amide bonds. The molecule has 0 bridgehead atoms. The molecule has 40 heavy (non-hydrogen) atoms. The van der Waals surface area contributed by atoms with Crippen molar-refractivity contribution in [1.82, 2.24) is 5.32 Å². The van der Waals surface area contributed by atoms with Gasteiger partial charge < -0.3 is 15.5 Å². The molecule has 2 rings (SSSR count). The number of aliphatic carboxylic acids is 1. The number of carboxylic acids is 1. The molecule has 0 saturated carbocycles. The first-order valence-corrected chi connectivity index (χ1v) is 14.7. The van der Waals surface area contributed by atoms with Crippen LogP contribution >= 0.6 is 0 Å². The van der Waals surface area contributed by atoms with Crippen LogP contribution in [0.5, 0.6) is 0 Å². The Morgan fingerprint density at radius 2 is 1.38 bits per heavy atom. The average molecular weight is 552 g/mol. The number of carbonyl (C=O) groups is 2. The maximum absolute atomic E-state index is 12.6. The van der Waals surface area contributed by atoms with Gasteiger partial charge in [-0.1, -0.05) is 97.9 Å². The van der Waals surface area contributed by atoms with E-state index < -0.39 is 23.5 Å². The Morgan fingerprint density at radius 1 is 0.900 bits per heavy atom. The molecule has 222 valence electrons. The molecule has 2 atom stereocenters. The number of carboxylic acid groups (broad SMARTS) is 1. The number of rotatable bonds is 8. The van der Waals surface area contributed by atoms with E-state index in [2.05, 4.69) is 57.0 Å². The molecule has 0 fully saturated rings. The van der Waals surface area contributed by atoms with Crippen LogP contribution in [0.2, 0.25) is 0 Å². The summed E-state index contributed by atoms with van der Waals surface area (Å²) in [6.45, 7) is 23.6. The van der Waals surface area contributed by atoms with Gasteiger partial charge in [-0.05, 0) is 80.8 Å². The fourth-order valence-electron chi connectivity index (χ4n) is 4.23. The van der Waals surface area contributed by atoms with Gasteiger partial charge in [-0.3, -0.25) is 9.59 Å². The molecule has 0 aliphatic heterocycles. The summed E-state index contributed by atoms with van der Waals surface area (Å²) in [5.74, 6) is 4.74. The number of aryl methyl sites for hydroxylation is 2. The second kappa shape index (κ2) is 16.9. The first-order chi connectivity index (χ1) is 18.7. The van der Waals surface area contributed by atoms with Gasteiger partial charge in [0.2, 0.25) is 0 Å². The van der Waals surface area contributed by atoms with Crippen molar-refractivity contribution in [1.29, 1.82) is 0 Å². The lowest BCUT2D eigenvalue weighted by molar-refractivity contribution is -0.138. The van der Waals surface area contributed by atoms with Crippen LogP contribution in [0.15, 0.2) is 36.4 Å². The number of hydrogen-bond donors (Lipinski definition) is 3. The first-order valence-electron chi connectivity index (χ1n) is 14.7. The largest absolute Gasteiger partial charge is 0.480 e. The van der Waals surface area contributed by atoms with Crippen molar-refractivity contribution >= 4 is 11.9 Å². The van der Waals surface area contributed by atoms with E-state index >= 15 is 0 Å². The molecule has 2 aromatic rings.